The molecule has 1 unspecified atom stereocenters. The minimum atomic E-state index is -0.235. The SMILES string of the molecule is CC1SC2(CCN(C)CC2)CN1C(=O)c1cc(C(C)(C)C)c(O)c(C(C)(C)C)c1. The van der Waals surface area contributed by atoms with Crippen LogP contribution in [0.2, 0.25) is 0 Å². The summed E-state index contributed by atoms with van der Waals surface area (Å²) in [5.74, 6) is 0.425. The second kappa shape index (κ2) is 7.49. The summed E-state index contributed by atoms with van der Waals surface area (Å²) < 4.78 is 0.193. The summed E-state index contributed by atoms with van der Waals surface area (Å²) in [6, 6.07) is 3.84. The fraction of sp³-hybridized carbons (Fsp3) is 0.708. The second-order valence-electron chi connectivity index (χ2n) is 11.1. The summed E-state index contributed by atoms with van der Waals surface area (Å²) in [7, 11) is 2.18. The first-order valence-corrected chi connectivity index (χ1v) is 11.7. The van der Waals surface area contributed by atoms with Gasteiger partial charge in [-0.2, -0.15) is 0 Å². The average Bonchev–Trinajstić information content (AvgIpc) is 2.91. The predicted octanol–water partition coefficient (Wildman–Crippen LogP) is 4.99. The van der Waals surface area contributed by atoms with Gasteiger partial charge in [0.1, 0.15) is 5.75 Å². The second-order valence-corrected chi connectivity index (χ2v) is 12.8. The number of piperidine rings is 1. The van der Waals surface area contributed by atoms with Crippen LogP contribution in [0.3, 0.4) is 0 Å². The van der Waals surface area contributed by atoms with Gasteiger partial charge in [0.2, 0.25) is 0 Å². The quantitative estimate of drug-likeness (QED) is 0.698. The van der Waals surface area contributed by atoms with Gasteiger partial charge < -0.3 is 14.9 Å². The van der Waals surface area contributed by atoms with E-state index < -0.39 is 0 Å². The molecule has 5 heteroatoms. The van der Waals surface area contributed by atoms with E-state index in [-0.39, 0.29) is 26.9 Å². The van der Waals surface area contributed by atoms with Crippen molar-refractivity contribution in [2.75, 3.05) is 26.7 Å². The van der Waals surface area contributed by atoms with Gasteiger partial charge in [-0.3, -0.25) is 4.79 Å². The lowest BCUT2D eigenvalue weighted by atomic mass is 9.78. The number of amides is 1. The van der Waals surface area contributed by atoms with Gasteiger partial charge >= 0.3 is 0 Å². The summed E-state index contributed by atoms with van der Waals surface area (Å²) in [5, 5.41) is 11.2. The zero-order chi connectivity index (χ0) is 21.8. The van der Waals surface area contributed by atoms with Crippen molar-refractivity contribution < 1.29 is 9.90 Å². The Kier molecular flexibility index (Phi) is 5.81. The molecule has 0 aromatic heterocycles. The maximum absolute atomic E-state index is 13.6. The molecule has 162 valence electrons. The molecule has 0 aliphatic carbocycles. The minimum absolute atomic E-state index is 0.0943. The summed E-state index contributed by atoms with van der Waals surface area (Å²) in [6.45, 7) is 17.7. The van der Waals surface area contributed by atoms with Crippen molar-refractivity contribution in [1.29, 1.82) is 0 Å². The first-order valence-electron chi connectivity index (χ1n) is 10.8. The highest BCUT2D eigenvalue weighted by Gasteiger charge is 2.46. The Hall–Kier alpha value is -1.20. The molecule has 2 aliphatic rings. The van der Waals surface area contributed by atoms with Crippen LogP contribution < -0.4 is 0 Å². The van der Waals surface area contributed by atoms with E-state index in [0.717, 1.165) is 43.6 Å². The predicted molar refractivity (Wildman–Crippen MR) is 123 cm³/mol. The van der Waals surface area contributed by atoms with Crippen molar-refractivity contribution in [3.05, 3.63) is 28.8 Å². The first-order chi connectivity index (χ1) is 13.2. The van der Waals surface area contributed by atoms with E-state index in [4.69, 9.17) is 0 Å². The van der Waals surface area contributed by atoms with Gasteiger partial charge in [-0.25, -0.2) is 0 Å². The van der Waals surface area contributed by atoms with Crippen LogP contribution in [0.5, 0.6) is 5.75 Å². The molecule has 29 heavy (non-hydrogen) atoms. The normalized spacial score (nSPS) is 23.0. The monoisotopic (exact) mass is 418 g/mol. The molecule has 0 radical (unpaired) electrons. The standard InChI is InChI=1S/C24H38N2O2S/c1-16-26(15-24(29-16)9-11-25(8)12-10-24)21(28)17-13-18(22(2,3)4)20(27)19(14-17)23(5,6)7/h13-14,16,27H,9-12,15H2,1-8H3. The van der Waals surface area contributed by atoms with Gasteiger partial charge in [0.15, 0.2) is 0 Å². The lowest BCUT2D eigenvalue weighted by molar-refractivity contribution is 0.0735. The van der Waals surface area contributed by atoms with E-state index in [9.17, 15) is 9.90 Å². The summed E-state index contributed by atoms with van der Waals surface area (Å²) >= 11 is 1.97. The van der Waals surface area contributed by atoms with Gasteiger partial charge in [0, 0.05) is 28.0 Å². The molecule has 0 saturated carbocycles. The topological polar surface area (TPSA) is 43.8 Å². The van der Waals surface area contributed by atoms with E-state index in [1.165, 1.54) is 0 Å². The maximum atomic E-state index is 13.6. The van der Waals surface area contributed by atoms with E-state index in [1.54, 1.807) is 0 Å². The Morgan fingerprint density at radius 2 is 1.55 bits per heavy atom. The summed E-state index contributed by atoms with van der Waals surface area (Å²) in [6.07, 6.45) is 2.27. The Morgan fingerprint density at radius 3 is 2.00 bits per heavy atom. The van der Waals surface area contributed by atoms with Crippen molar-refractivity contribution in [3.63, 3.8) is 0 Å². The molecule has 2 fully saturated rings. The van der Waals surface area contributed by atoms with Gasteiger partial charge in [-0.1, -0.05) is 41.5 Å². The summed E-state index contributed by atoms with van der Waals surface area (Å²) in [5.41, 5.74) is 1.93. The number of phenolic OH excluding ortho intramolecular Hbond substituents is 1. The summed E-state index contributed by atoms with van der Waals surface area (Å²) in [4.78, 5) is 18.1. The van der Waals surface area contributed by atoms with Crippen LogP contribution in [0, 0.1) is 0 Å². The number of phenols is 1. The molecule has 3 rings (SSSR count). The fourth-order valence-corrected chi connectivity index (χ4v) is 6.16. The van der Waals surface area contributed by atoms with Gasteiger partial charge in [0.05, 0.1) is 5.37 Å². The smallest absolute Gasteiger partial charge is 0.254 e. The maximum Gasteiger partial charge on any atom is 0.254 e. The molecular formula is C24H38N2O2S. The molecule has 2 saturated heterocycles. The third-order valence-corrected chi connectivity index (χ3v) is 8.08. The highest BCUT2D eigenvalue weighted by molar-refractivity contribution is 8.01. The molecule has 2 heterocycles. The van der Waals surface area contributed by atoms with Crippen LogP contribution >= 0.6 is 11.8 Å². The van der Waals surface area contributed by atoms with Crippen molar-refractivity contribution in [2.24, 2.45) is 0 Å². The fourth-order valence-electron chi connectivity index (χ4n) is 4.51. The van der Waals surface area contributed by atoms with E-state index in [1.807, 2.05) is 23.9 Å². The number of rotatable bonds is 1. The molecule has 1 aromatic carbocycles. The average molecular weight is 419 g/mol. The zero-order valence-corrected chi connectivity index (χ0v) is 20.2. The van der Waals surface area contributed by atoms with Crippen molar-refractivity contribution in [1.82, 2.24) is 9.80 Å². The van der Waals surface area contributed by atoms with Crippen LogP contribution in [0.4, 0.5) is 0 Å². The van der Waals surface area contributed by atoms with Gasteiger partial charge in [-0.05, 0) is 62.9 Å². The van der Waals surface area contributed by atoms with E-state index in [0.29, 0.717) is 11.3 Å². The number of carbonyl (C=O) groups excluding carboxylic acids is 1. The minimum Gasteiger partial charge on any atom is -0.507 e. The molecule has 2 aliphatic heterocycles. The van der Waals surface area contributed by atoms with Crippen LogP contribution in [-0.4, -0.2) is 57.6 Å². The van der Waals surface area contributed by atoms with E-state index >= 15 is 0 Å². The number of carbonyl (C=O) groups is 1. The lowest BCUT2D eigenvalue weighted by Crippen LogP contribution is -2.44. The largest absolute Gasteiger partial charge is 0.507 e. The Bertz CT molecular complexity index is 748. The molecule has 1 aromatic rings. The highest BCUT2D eigenvalue weighted by atomic mass is 32.2. The first kappa shape index (κ1) is 22.5. The molecule has 1 spiro atoms. The third-order valence-electron chi connectivity index (χ3n) is 6.45. The number of hydrogen-bond donors (Lipinski definition) is 1. The lowest BCUT2D eigenvalue weighted by Gasteiger charge is -2.36. The number of aromatic hydroxyl groups is 1. The molecule has 1 atom stereocenters. The molecular weight excluding hydrogens is 380 g/mol. The van der Waals surface area contributed by atoms with Crippen LogP contribution in [0.1, 0.15) is 82.8 Å². The molecule has 1 amide bonds. The van der Waals surface area contributed by atoms with Crippen LogP contribution in [0.15, 0.2) is 12.1 Å². The zero-order valence-electron chi connectivity index (χ0n) is 19.4. The Morgan fingerprint density at radius 1 is 1.07 bits per heavy atom. The molecule has 0 bridgehead atoms. The van der Waals surface area contributed by atoms with Crippen LogP contribution in [-0.2, 0) is 10.8 Å². The number of likely N-dealkylation sites (tertiary alicyclic amines) is 1. The van der Waals surface area contributed by atoms with Crippen molar-refractivity contribution in [2.45, 2.75) is 82.3 Å². The third kappa shape index (κ3) is 4.46. The van der Waals surface area contributed by atoms with Gasteiger partial charge in [-0.15, -0.1) is 11.8 Å². The van der Waals surface area contributed by atoms with Crippen LogP contribution in [0.25, 0.3) is 0 Å². The molecule has 1 N–H and O–H groups in total. The Labute approximate surface area is 181 Å². The van der Waals surface area contributed by atoms with E-state index in [2.05, 4.69) is 65.3 Å². The van der Waals surface area contributed by atoms with Crippen molar-refractivity contribution in [3.8, 4) is 5.75 Å². The number of thioether (sulfide) groups is 1. The van der Waals surface area contributed by atoms with Gasteiger partial charge in [0.25, 0.3) is 5.91 Å². The Balaban J connectivity index is 1.97. The number of benzene rings is 1. The highest BCUT2D eigenvalue weighted by Crippen LogP contribution is 2.47. The number of hydrogen-bond acceptors (Lipinski definition) is 4. The number of nitrogens with zero attached hydrogens (tertiary/aromatic N) is 2. The van der Waals surface area contributed by atoms with Crippen molar-refractivity contribution >= 4 is 17.7 Å². The molecule has 4 nitrogen and oxygen atoms in total.